The lowest BCUT2D eigenvalue weighted by Crippen LogP contribution is -2.51. The highest BCUT2D eigenvalue weighted by atomic mass is 28.3. The molecule has 1 aliphatic heterocycles. The molecule has 1 fully saturated rings. The Hall–Kier alpha value is -2.08. The number of hydrogen-bond donors (Lipinski definition) is 1. The zero-order valence-corrected chi connectivity index (χ0v) is 23.4. The Morgan fingerprint density at radius 2 is 1.59 bits per heavy atom. The number of nitrogens with zero attached hydrogens (tertiary/aromatic N) is 1. The van der Waals surface area contributed by atoms with E-state index in [9.17, 15) is 0 Å². The first-order valence-electron chi connectivity index (χ1n) is 12.7. The summed E-state index contributed by atoms with van der Waals surface area (Å²) in [4.78, 5) is 0. The van der Waals surface area contributed by atoms with E-state index in [1.54, 1.807) is 7.11 Å². The number of methoxy groups -OCH3 is 1. The fourth-order valence-electron chi connectivity index (χ4n) is 6.76. The second-order valence-electron chi connectivity index (χ2n) is 11.5. The van der Waals surface area contributed by atoms with Crippen molar-refractivity contribution in [2.24, 2.45) is 0 Å². The Morgan fingerprint density at radius 1 is 0.941 bits per heavy atom. The molecule has 4 rings (SSSR count). The molecule has 0 spiro atoms. The summed E-state index contributed by atoms with van der Waals surface area (Å²) in [7, 11) is -0.109. The largest absolute Gasteiger partial charge is 0.496 e. The SMILES string of the molecule is COc1ccccc1C1(c2ccc3c(ccn3[Si](C(C)C)(C(C)C)C(C)C)c2)NC(C)(C)CO1. The summed E-state index contributed by atoms with van der Waals surface area (Å²) in [5.74, 6) is 0.830. The van der Waals surface area contributed by atoms with Crippen LogP contribution in [0.25, 0.3) is 10.9 Å². The fraction of sp³-hybridized carbons (Fsp3) is 0.517. The molecule has 1 unspecified atom stereocenters. The van der Waals surface area contributed by atoms with Gasteiger partial charge in [-0.2, -0.15) is 0 Å². The molecule has 34 heavy (non-hydrogen) atoms. The molecule has 5 heteroatoms. The van der Waals surface area contributed by atoms with Crippen LogP contribution < -0.4 is 10.1 Å². The second-order valence-corrected chi connectivity index (χ2v) is 17.2. The highest BCUT2D eigenvalue weighted by molar-refractivity contribution is 6.82. The Labute approximate surface area is 206 Å². The van der Waals surface area contributed by atoms with E-state index < -0.39 is 14.0 Å². The molecular weight excluding hydrogens is 436 g/mol. The average Bonchev–Trinajstić information content (AvgIpc) is 3.34. The van der Waals surface area contributed by atoms with Crippen molar-refractivity contribution in [2.45, 2.75) is 83.3 Å². The smallest absolute Gasteiger partial charge is 0.175 e. The van der Waals surface area contributed by atoms with Crippen molar-refractivity contribution in [1.29, 1.82) is 0 Å². The third kappa shape index (κ3) is 3.73. The quantitative estimate of drug-likeness (QED) is 0.363. The zero-order chi connectivity index (χ0) is 24.9. The van der Waals surface area contributed by atoms with Crippen LogP contribution in [-0.2, 0) is 10.5 Å². The van der Waals surface area contributed by atoms with Gasteiger partial charge < -0.3 is 13.7 Å². The predicted molar refractivity (Wildman–Crippen MR) is 145 cm³/mol. The van der Waals surface area contributed by atoms with E-state index in [4.69, 9.17) is 9.47 Å². The molecule has 0 amide bonds. The van der Waals surface area contributed by atoms with Gasteiger partial charge in [0.25, 0.3) is 0 Å². The van der Waals surface area contributed by atoms with Gasteiger partial charge in [-0.1, -0.05) is 65.8 Å². The molecule has 2 aromatic carbocycles. The summed E-state index contributed by atoms with van der Waals surface area (Å²) in [5, 5.41) is 5.07. The molecule has 0 aliphatic carbocycles. The predicted octanol–water partition coefficient (Wildman–Crippen LogP) is 7.27. The number of nitrogens with one attached hydrogen (secondary N) is 1. The Bertz CT molecular complexity index is 1140. The normalized spacial score (nSPS) is 20.7. The van der Waals surface area contributed by atoms with E-state index in [2.05, 4.69) is 108 Å². The molecule has 0 saturated carbocycles. The van der Waals surface area contributed by atoms with Crippen LogP contribution in [0.4, 0.5) is 0 Å². The molecular formula is C29H42N2O2Si. The third-order valence-corrected chi connectivity index (χ3v) is 14.7. The van der Waals surface area contributed by atoms with Crippen molar-refractivity contribution in [3.05, 3.63) is 65.9 Å². The molecule has 1 saturated heterocycles. The maximum atomic E-state index is 6.62. The van der Waals surface area contributed by atoms with Crippen LogP contribution in [0.3, 0.4) is 0 Å². The molecule has 4 nitrogen and oxygen atoms in total. The van der Waals surface area contributed by atoms with Crippen molar-refractivity contribution < 1.29 is 9.47 Å². The molecule has 2 heterocycles. The first-order valence-corrected chi connectivity index (χ1v) is 14.9. The van der Waals surface area contributed by atoms with Crippen molar-refractivity contribution in [3.63, 3.8) is 0 Å². The number of para-hydroxylation sites is 1. The lowest BCUT2D eigenvalue weighted by molar-refractivity contribution is 0.0200. The van der Waals surface area contributed by atoms with Crippen molar-refractivity contribution in [2.75, 3.05) is 13.7 Å². The van der Waals surface area contributed by atoms with Gasteiger partial charge >= 0.3 is 0 Å². The number of aromatic nitrogens is 1. The van der Waals surface area contributed by atoms with Gasteiger partial charge in [0, 0.05) is 22.2 Å². The summed E-state index contributed by atoms with van der Waals surface area (Å²) in [6, 6.07) is 17.4. The highest BCUT2D eigenvalue weighted by Crippen LogP contribution is 2.46. The van der Waals surface area contributed by atoms with Crippen molar-refractivity contribution >= 4 is 19.1 Å². The summed E-state index contributed by atoms with van der Waals surface area (Å²) in [6.07, 6.45) is 2.35. The summed E-state index contributed by atoms with van der Waals surface area (Å²) in [6.45, 7) is 19.5. The third-order valence-electron chi connectivity index (χ3n) is 7.94. The molecule has 184 valence electrons. The van der Waals surface area contributed by atoms with Gasteiger partial charge in [-0.15, -0.1) is 0 Å². The van der Waals surface area contributed by atoms with E-state index in [1.165, 1.54) is 10.9 Å². The summed E-state index contributed by atoms with van der Waals surface area (Å²) in [5.41, 5.74) is 4.47. The highest BCUT2D eigenvalue weighted by Gasteiger charge is 2.49. The van der Waals surface area contributed by atoms with Gasteiger partial charge in [-0.3, -0.25) is 5.32 Å². The van der Waals surface area contributed by atoms with E-state index in [0.717, 1.165) is 16.9 Å². The molecule has 0 radical (unpaired) electrons. The second kappa shape index (κ2) is 8.85. The molecule has 1 atom stereocenters. The lowest BCUT2D eigenvalue weighted by atomic mass is 9.91. The molecule has 1 aromatic heterocycles. The number of fused-ring (bicyclic) bond motifs is 1. The number of ether oxygens (including phenoxy) is 2. The minimum atomic E-state index is -1.84. The number of hydrogen-bond acceptors (Lipinski definition) is 3. The molecule has 0 bridgehead atoms. The number of rotatable bonds is 7. The Kier molecular flexibility index (Phi) is 6.51. The number of benzene rings is 2. The minimum absolute atomic E-state index is 0.156. The minimum Gasteiger partial charge on any atom is -0.496 e. The van der Waals surface area contributed by atoms with Crippen LogP contribution in [-0.4, -0.2) is 31.7 Å². The van der Waals surface area contributed by atoms with E-state index in [1.807, 2.05) is 12.1 Å². The van der Waals surface area contributed by atoms with Gasteiger partial charge in [0.2, 0.25) is 0 Å². The first kappa shape index (κ1) is 25.0. The van der Waals surface area contributed by atoms with Gasteiger partial charge in [0.05, 0.1) is 13.7 Å². The summed E-state index contributed by atoms with van der Waals surface area (Å²) < 4.78 is 15.1. The van der Waals surface area contributed by atoms with Gasteiger partial charge in [0.15, 0.2) is 14.0 Å². The average molecular weight is 479 g/mol. The topological polar surface area (TPSA) is 35.4 Å². The standard InChI is InChI=1S/C29H42N2O2Si/c1-20(2)34(21(3)4,22(5)6)31-17-16-23-18-24(14-15-26(23)31)29(30-28(7,8)19-33-29)25-12-10-11-13-27(25)32-9/h10-18,20-22,30H,19H2,1-9H3. The zero-order valence-electron chi connectivity index (χ0n) is 22.4. The molecule has 3 aromatic rings. The maximum Gasteiger partial charge on any atom is 0.175 e. The van der Waals surface area contributed by atoms with Gasteiger partial charge in [-0.25, -0.2) is 0 Å². The van der Waals surface area contributed by atoms with Crippen LogP contribution >= 0.6 is 0 Å². The molecule has 1 aliphatic rings. The van der Waals surface area contributed by atoms with Crippen LogP contribution in [0.2, 0.25) is 16.6 Å². The van der Waals surface area contributed by atoms with Crippen LogP contribution in [0.5, 0.6) is 5.75 Å². The van der Waals surface area contributed by atoms with Crippen LogP contribution in [0.15, 0.2) is 54.7 Å². The van der Waals surface area contributed by atoms with Gasteiger partial charge in [0.1, 0.15) is 5.75 Å². The molecule has 1 N–H and O–H groups in total. The van der Waals surface area contributed by atoms with Crippen LogP contribution in [0.1, 0.15) is 66.5 Å². The van der Waals surface area contributed by atoms with Crippen LogP contribution in [0, 0.1) is 0 Å². The lowest BCUT2D eigenvalue weighted by Gasteiger charge is -2.44. The Balaban J connectivity index is 1.92. The van der Waals surface area contributed by atoms with E-state index in [0.29, 0.717) is 23.2 Å². The summed E-state index contributed by atoms with van der Waals surface area (Å²) >= 11 is 0. The first-order chi connectivity index (χ1) is 16.0. The Morgan fingerprint density at radius 3 is 2.15 bits per heavy atom. The van der Waals surface area contributed by atoms with E-state index >= 15 is 0 Å². The van der Waals surface area contributed by atoms with E-state index in [-0.39, 0.29) is 5.54 Å². The fourth-order valence-corrected chi connectivity index (χ4v) is 13.4. The van der Waals surface area contributed by atoms with Gasteiger partial charge in [-0.05, 0) is 66.3 Å². The maximum absolute atomic E-state index is 6.62. The van der Waals surface area contributed by atoms with Crippen molar-refractivity contribution in [3.8, 4) is 5.75 Å². The monoisotopic (exact) mass is 478 g/mol. The van der Waals surface area contributed by atoms with Crippen molar-refractivity contribution in [1.82, 2.24) is 9.55 Å².